The molecule has 0 radical (unpaired) electrons. The molecule has 8 aromatic rings. The molecule has 2 atom stereocenters. The Hall–Kier alpha value is -5.54. The van der Waals surface area contributed by atoms with Crippen LogP contribution in [0.1, 0.15) is 38.7 Å². The summed E-state index contributed by atoms with van der Waals surface area (Å²) in [6, 6.07) is 41.7. The highest BCUT2D eigenvalue weighted by Gasteiger charge is 2.24. The molecule has 6 aromatic carbocycles. The summed E-state index contributed by atoms with van der Waals surface area (Å²) in [6.45, 7) is 6.90. The van der Waals surface area contributed by atoms with E-state index >= 15 is 0 Å². The van der Waals surface area contributed by atoms with Crippen molar-refractivity contribution in [3.63, 3.8) is 0 Å². The van der Waals surface area contributed by atoms with E-state index in [1.807, 2.05) is 6.20 Å². The van der Waals surface area contributed by atoms with Crippen molar-refractivity contribution in [2.24, 2.45) is 5.92 Å². The maximum absolute atomic E-state index is 5.28. The van der Waals surface area contributed by atoms with Crippen molar-refractivity contribution >= 4 is 54.4 Å². The van der Waals surface area contributed by atoms with E-state index in [0.717, 1.165) is 45.2 Å². The highest BCUT2D eigenvalue weighted by Crippen LogP contribution is 2.41. The molecule has 0 amide bonds. The van der Waals surface area contributed by atoms with Crippen LogP contribution in [0, 0.1) is 5.92 Å². The predicted octanol–water partition coefficient (Wildman–Crippen LogP) is 11.7. The van der Waals surface area contributed by atoms with Gasteiger partial charge in [0.25, 0.3) is 0 Å². The number of hydrogen-bond acceptors (Lipinski definition) is 2. The Morgan fingerprint density at radius 1 is 0.660 bits per heavy atom. The van der Waals surface area contributed by atoms with Gasteiger partial charge in [0.1, 0.15) is 0 Å². The molecule has 3 heteroatoms. The third kappa shape index (κ3) is 4.34. The number of allylic oxidation sites excluding steroid dienone is 4. The molecule has 2 heterocycles. The molecule has 0 fully saturated rings. The first-order valence-electron chi connectivity index (χ1n) is 16.7. The summed E-state index contributed by atoms with van der Waals surface area (Å²) in [5, 5.41) is 7.24. The maximum Gasteiger partial charge on any atom is 0.0979 e. The molecule has 0 N–H and O–H groups in total. The van der Waals surface area contributed by atoms with Gasteiger partial charge >= 0.3 is 0 Å². The van der Waals surface area contributed by atoms with Gasteiger partial charge in [-0.3, -0.25) is 4.98 Å². The molecule has 2 unspecified atom stereocenters. The molecule has 0 saturated carbocycles. The largest absolute Gasteiger partial charge is 0.309 e. The van der Waals surface area contributed by atoms with Gasteiger partial charge in [0.05, 0.1) is 34.0 Å². The first-order valence-corrected chi connectivity index (χ1v) is 16.7. The number of aromatic nitrogens is 3. The number of rotatable bonds is 4. The summed E-state index contributed by atoms with van der Waals surface area (Å²) in [7, 11) is 0. The van der Waals surface area contributed by atoms with Gasteiger partial charge in [-0.05, 0) is 65.9 Å². The minimum absolute atomic E-state index is 0.389. The number of fused-ring (bicyclic) bond motifs is 9. The molecule has 2 aromatic heterocycles. The van der Waals surface area contributed by atoms with Crippen LogP contribution in [0.25, 0.3) is 71.3 Å². The second-order valence-corrected chi connectivity index (χ2v) is 13.0. The Labute approximate surface area is 274 Å². The second-order valence-electron chi connectivity index (χ2n) is 13.0. The number of hydrogen-bond donors (Lipinski definition) is 0. The Bertz CT molecular complexity index is 2570. The molecule has 0 bridgehead atoms. The Morgan fingerprint density at radius 2 is 1.34 bits per heavy atom. The van der Waals surface area contributed by atoms with Crippen LogP contribution in [0.4, 0.5) is 0 Å². The lowest BCUT2D eigenvalue weighted by molar-refractivity contribution is 0.598. The van der Waals surface area contributed by atoms with E-state index in [2.05, 4.69) is 153 Å². The average Bonchev–Trinajstić information content (AvgIpc) is 3.45. The number of nitrogens with zero attached hydrogens (tertiary/aromatic N) is 3. The van der Waals surface area contributed by atoms with Crippen molar-refractivity contribution < 1.29 is 0 Å². The van der Waals surface area contributed by atoms with Crippen LogP contribution in [0.3, 0.4) is 0 Å². The van der Waals surface area contributed by atoms with Gasteiger partial charge in [0.15, 0.2) is 0 Å². The number of para-hydroxylation sites is 1. The fourth-order valence-electron chi connectivity index (χ4n) is 8.09. The Balaban J connectivity index is 1.20. The van der Waals surface area contributed by atoms with Crippen LogP contribution >= 0.6 is 0 Å². The zero-order valence-corrected chi connectivity index (χ0v) is 26.9. The predicted molar refractivity (Wildman–Crippen MR) is 198 cm³/mol. The third-order valence-corrected chi connectivity index (χ3v) is 10.2. The molecule has 1 aliphatic rings. The van der Waals surface area contributed by atoms with Crippen molar-refractivity contribution in [2.75, 3.05) is 0 Å². The molecular weight excluding hydrogens is 571 g/mol. The molecule has 0 saturated heterocycles. The quantitative estimate of drug-likeness (QED) is 0.187. The molecule has 0 spiro atoms. The van der Waals surface area contributed by atoms with Crippen molar-refractivity contribution in [1.82, 2.24) is 14.5 Å². The molecular formula is C44H35N3. The van der Waals surface area contributed by atoms with E-state index in [0.29, 0.717) is 11.8 Å². The van der Waals surface area contributed by atoms with Crippen LogP contribution in [-0.4, -0.2) is 14.5 Å². The number of benzene rings is 6. The summed E-state index contributed by atoms with van der Waals surface area (Å²) >= 11 is 0. The molecule has 3 nitrogen and oxygen atoms in total. The fourth-order valence-corrected chi connectivity index (χ4v) is 8.09. The van der Waals surface area contributed by atoms with Gasteiger partial charge in [0, 0.05) is 38.7 Å². The highest BCUT2D eigenvalue weighted by molar-refractivity contribution is 6.23. The lowest BCUT2D eigenvalue weighted by Gasteiger charge is -2.28. The lowest BCUT2D eigenvalue weighted by Crippen LogP contribution is -2.13. The lowest BCUT2D eigenvalue weighted by atomic mass is 9.76. The van der Waals surface area contributed by atoms with Crippen LogP contribution in [-0.2, 0) is 0 Å². The first kappa shape index (κ1) is 27.7. The highest BCUT2D eigenvalue weighted by atomic mass is 15.0. The molecule has 9 rings (SSSR count). The van der Waals surface area contributed by atoms with E-state index in [4.69, 9.17) is 9.97 Å². The summed E-state index contributed by atoms with van der Waals surface area (Å²) < 4.78 is 2.40. The smallest absolute Gasteiger partial charge is 0.0979 e. The summed E-state index contributed by atoms with van der Waals surface area (Å²) in [5.74, 6) is 0.857. The monoisotopic (exact) mass is 605 g/mol. The summed E-state index contributed by atoms with van der Waals surface area (Å²) in [5.41, 5.74) is 11.6. The molecule has 1 aliphatic carbocycles. The van der Waals surface area contributed by atoms with Crippen molar-refractivity contribution in [3.8, 4) is 16.9 Å². The van der Waals surface area contributed by atoms with E-state index in [9.17, 15) is 0 Å². The van der Waals surface area contributed by atoms with Gasteiger partial charge < -0.3 is 4.57 Å². The minimum Gasteiger partial charge on any atom is -0.309 e. The van der Waals surface area contributed by atoms with Crippen LogP contribution in [0.15, 0.2) is 145 Å². The topological polar surface area (TPSA) is 30.7 Å². The molecule has 0 aliphatic heterocycles. The average molecular weight is 606 g/mol. The van der Waals surface area contributed by atoms with Crippen molar-refractivity contribution in [2.45, 2.75) is 33.1 Å². The van der Waals surface area contributed by atoms with Crippen molar-refractivity contribution in [3.05, 3.63) is 150 Å². The molecule has 47 heavy (non-hydrogen) atoms. The van der Waals surface area contributed by atoms with Crippen LogP contribution in [0.5, 0.6) is 0 Å². The first-order chi connectivity index (χ1) is 23.1. The standard InChI is InChI=1S/C44H35N3/c1-4-29-22-27(2)42(28(3)23-29)31-20-21-41-38(25-31)35-16-9-10-19-40(35)47(41)32-13-11-12-30(24-32)39-26-45-43-36-17-7-5-14-33(36)34-15-6-8-18-37(34)44(43)46-39/h5-27,42H,4H2,1-3H3. The van der Waals surface area contributed by atoms with Crippen LogP contribution < -0.4 is 0 Å². The zero-order valence-electron chi connectivity index (χ0n) is 26.9. The molecule has 226 valence electrons. The fraction of sp³-hybridized carbons (Fsp3) is 0.136. The zero-order chi connectivity index (χ0) is 31.6. The SMILES string of the molecule is CCC1=CC(C)C(c2ccc3c(c2)c2ccccc2n3-c2cccc(-c3cnc4c5ccccc5c5ccccc5c4n3)c2)C(C)=C1. The normalized spacial score (nSPS) is 16.7. The van der Waals surface area contributed by atoms with Gasteiger partial charge in [0.2, 0.25) is 0 Å². The van der Waals surface area contributed by atoms with E-state index in [1.165, 1.54) is 49.3 Å². The Morgan fingerprint density at radius 3 is 2.09 bits per heavy atom. The van der Waals surface area contributed by atoms with Gasteiger partial charge in [-0.15, -0.1) is 0 Å². The van der Waals surface area contributed by atoms with Gasteiger partial charge in [-0.1, -0.05) is 122 Å². The third-order valence-electron chi connectivity index (χ3n) is 10.2. The maximum atomic E-state index is 5.28. The van der Waals surface area contributed by atoms with E-state index < -0.39 is 0 Å². The van der Waals surface area contributed by atoms with Gasteiger partial charge in [-0.2, -0.15) is 0 Å². The van der Waals surface area contributed by atoms with E-state index in [1.54, 1.807) is 0 Å². The summed E-state index contributed by atoms with van der Waals surface area (Å²) in [4.78, 5) is 10.3. The van der Waals surface area contributed by atoms with Gasteiger partial charge in [-0.25, -0.2) is 4.98 Å². The minimum atomic E-state index is 0.389. The van der Waals surface area contributed by atoms with Crippen LogP contribution in [0.2, 0.25) is 0 Å². The van der Waals surface area contributed by atoms with E-state index in [-0.39, 0.29) is 0 Å². The Kier molecular flexibility index (Phi) is 6.36. The summed E-state index contributed by atoms with van der Waals surface area (Å²) in [6.07, 6.45) is 7.86. The van der Waals surface area contributed by atoms with Crippen molar-refractivity contribution in [1.29, 1.82) is 0 Å². The second kappa shape index (κ2) is 10.8.